The molecule has 0 spiro atoms. The highest BCUT2D eigenvalue weighted by atomic mass is 14.5. The van der Waals surface area contributed by atoms with Crippen LogP contribution >= 0.6 is 0 Å². The molecule has 2 nitrogen and oxygen atoms in total. The Morgan fingerprint density at radius 1 is 1.88 bits per heavy atom. The number of nitrogens with zero attached hydrogens (tertiary/aromatic N) is 1. The van der Waals surface area contributed by atoms with E-state index in [9.17, 15) is 0 Å². The molecule has 0 aromatic heterocycles. The van der Waals surface area contributed by atoms with Crippen LogP contribution in [0.3, 0.4) is 0 Å². The average Bonchev–Trinajstić information content (AvgIpc) is 1.69. The molecule has 0 unspecified atom stereocenters. The first kappa shape index (κ1) is 9.91. The van der Waals surface area contributed by atoms with E-state index in [1.807, 2.05) is 6.92 Å². The summed E-state index contributed by atoms with van der Waals surface area (Å²) in [6.07, 6.45) is 2.97. The van der Waals surface area contributed by atoms with Crippen LogP contribution in [0.5, 0.6) is 0 Å². The minimum absolute atomic E-state index is 1.02. The highest BCUT2D eigenvalue weighted by Gasteiger charge is 1.59. The lowest BCUT2D eigenvalue weighted by molar-refractivity contribution is 1.45. The summed E-state index contributed by atoms with van der Waals surface area (Å²) < 4.78 is 0. The van der Waals surface area contributed by atoms with Crippen LogP contribution in [0.15, 0.2) is 24.8 Å². The molecule has 44 valence electrons. The minimum atomic E-state index is 1.02. The Hall–Kier alpha value is -1.23. The van der Waals surface area contributed by atoms with Gasteiger partial charge < -0.3 is 5.73 Å². The lowest BCUT2D eigenvalue weighted by Gasteiger charge is -1.71. The van der Waals surface area contributed by atoms with Crippen molar-refractivity contribution in [1.29, 1.82) is 5.26 Å². The van der Waals surface area contributed by atoms with Gasteiger partial charge in [0, 0.05) is 0 Å². The number of allylic oxidation sites excluding steroid dienone is 2. The second-order valence-corrected chi connectivity index (χ2v) is 1.18. The Kier molecular flexibility index (Phi) is 11.4. The van der Waals surface area contributed by atoms with Gasteiger partial charge in [-0.1, -0.05) is 24.8 Å². The van der Waals surface area contributed by atoms with Crippen molar-refractivity contribution in [1.82, 2.24) is 0 Å². The zero-order valence-electron chi connectivity index (χ0n) is 5.02. The third-order valence-corrected chi connectivity index (χ3v) is 0.348. The summed E-state index contributed by atoms with van der Waals surface area (Å²) in [6, 6.07) is 0. The van der Waals surface area contributed by atoms with Crippen molar-refractivity contribution in [2.45, 2.75) is 6.92 Å². The molecule has 0 amide bonds. The Balaban J connectivity index is 0. The van der Waals surface area contributed by atoms with Gasteiger partial charge in [0.05, 0.1) is 0 Å². The second-order valence-electron chi connectivity index (χ2n) is 1.18. The number of rotatable bonds is 1. The van der Waals surface area contributed by atoms with Gasteiger partial charge in [-0.05, 0) is 6.92 Å². The summed E-state index contributed by atoms with van der Waals surface area (Å²) in [5, 5.41) is 7.10. The first-order valence-electron chi connectivity index (χ1n) is 2.06. The van der Waals surface area contributed by atoms with E-state index >= 15 is 0 Å². The summed E-state index contributed by atoms with van der Waals surface area (Å²) in [7, 11) is 0. The lowest BCUT2D eigenvalue weighted by atomic mass is 10.4. The highest BCUT2D eigenvalue weighted by molar-refractivity contribution is 5.05. The van der Waals surface area contributed by atoms with Crippen molar-refractivity contribution < 1.29 is 0 Å². The van der Waals surface area contributed by atoms with E-state index in [1.165, 1.54) is 6.19 Å². The van der Waals surface area contributed by atoms with Crippen LogP contribution in [0.4, 0.5) is 0 Å². The fourth-order valence-corrected chi connectivity index (χ4v) is 0. The molecule has 0 heterocycles. The van der Waals surface area contributed by atoms with E-state index in [4.69, 9.17) is 5.26 Å². The summed E-state index contributed by atoms with van der Waals surface area (Å²) in [4.78, 5) is 0. The monoisotopic (exact) mass is 110 g/mol. The molecule has 0 saturated carbocycles. The van der Waals surface area contributed by atoms with Gasteiger partial charge in [-0.15, -0.1) is 0 Å². The maximum Gasteiger partial charge on any atom is 0.173 e. The predicted molar refractivity (Wildman–Crippen MR) is 34.8 cm³/mol. The van der Waals surface area contributed by atoms with E-state index in [2.05, 4.69) is 18.9 Å². The van der Waals surface area contributed by atoms with Crippen molar-refractivity contribution in [2.75, 3.05) is 0 Å². The van der Waals surface area contributed by atoms with E-state index in [0.29, 0.717) is 0 Å². The molecule has 0 bridgehead atoms. The van der Waals surface area contributed by atoms with Crippen LogP contribution in [-0.4, -0.2) is 0 Å². The number of nitriles is 1. The summed E-state index contributed by atoms with van der Waals surface area (Å²) >= 11 is 0. The molecule has 0 aliphatic heterocycles. The van der Waals surface area contributed by atoms with E-state index in [-0.39, 0.29) is 0 Å². The van der Waals surface area contributed by atoms with E-state index in [1.54, 1.807) is 6.08 Å². The predicted octanol–water partition coefficient (Wildman–Crippen LogP) is 1.17. The van der Waals surface area contributed by atoms with Gasteiger partial charge in [0.15, 0.2) is 6.19 Å². The molecule has 0 atom stereocenters. The summed E-state index contributed by atoms with van der Waals surface area (Å²) in [5.74, 6) is 0. The van der Waals surface area contributed by atoms with Crippen LogP contribution in [-0.2, 0) is 0 Å². The standard InChI is InChI=1S/C5H8.CH2N2/c1-4-5(2)3;2-1-3/h4H,1-2H2,3H3;2H2. The number of hydrogen-bond acceptors (Lipinski definition) is 2. The Morgan fingerprint density at radius 3 is 2.00 bits per heavy atom. The van der Waals surface area contributed by atoms with Gasteiger partial charge in [0.2, 0.25) is 0 Å². The van der Waals surface area contributed by atoms with Gasteiger partial charge in [-0.3, -0.25) is 0 Å². The zero-order valence-corrected chi connectivity index (χ0v) is 5.02. The number of nitrogens with two attached hydrogens (primary N) is 1. The van der Waals surface area contributed by atoms with E-state index < -0.39 is 0 Å². The minimum Gasteiger partial charge on any atom is -0.337 e. The fourth-order valence-electron chi connectivity index (χ4n) is 0. The van der Waals surface area contributed by atoms with Gasteiger partial charge in [0.25, 0.3) is 0 Å². The maximum absolute atomic E-state index is 7.10. The van der Waals surface area contributed by atoms with Crippen LogP contribution in [0.1, 0.15) is 6.92 Å². The van der Waals surface area contributed by atoms with Crippen LogP contribution in [0.25, 0.3) is 0 Å². The molecule has 2 heteroatoms. The van der Waals surface area contributed by atoms with Crippen molar-refractivity contribution in [3.8, 4) is 6.19 Å². The van der Waals surface area contributed by atoms with Crippen molar-refractivity contribution >= 4 is 0 Å². The topological polar surface area (TPSA) is 49.8 Å². The second kappa shape index (κ2) is 9.24. The van der Waals surface area contributed by atoms with Crippen molar-refractivity contribution in [3.05, 3.63) is 24.8 Å². The fraction of sp³-hybridized carbons (Fsp3) is 0.167. The maximum atomic E-state index is 7.10. The number of hydrogen-bond donors (Lipinski definition) is 1. The Morgan fingerprint density at radius 2 is 2.00 bits per heavy atom. The third-order valence-electron chi connectivity index (χ3n) is 0.348. The summed E-state index contributed by atoms with van der Waals surface area (Å²) in [5.41, 5.74) is 5.17. The molecule has 0 aromatic rings. The SMILES string of the molecule is C=CC(=C)C.N#CN. The molecule has 0 fully saturated rings. The normalized spacial score (nSPS) is 5.00. The lowest BCUT2D eigenvalue weighted by Crippen LogP contribution is -1.69. The Bertz CT molecular complexity index is 108. The molecule has 0 saturated heterocycles. The third kappa shape index (κ3) is 114. The van der Waals surface area contributed by atoms with E-state index in [0.717, 1.165) is 5.57 Å². The molecule has 8 heavy (non-hydrogen) atoms. The first-order chi connectivity index (χ1) is 3.68. The van der Waals surface area contributed by atoms with Crippen LogP contribution < -0.4 is 5.73 Å². The molecule has 0 radical (unpaired) electrons. The average molecular weight is 110 g/mol. The Labute approximate surface area is 49.9 Å². The smallest absolute Gasteiger partial charge is 0.173 e. The molecular formula is C6H10N2. The molecule has 2 N–H and O–H groups in total. The van der Waals surface area contributed by atoms with Crippen LogP contribution in [0, 0.1) is 11.5 Å². The molecule has 0 aliphatic carbocycles. The van der Waals surface area contributed by atoms with Gasteiger partial charge in [-0.25, -0.2) is 0 Å². The molecule has 0 aliphatic rings. The quantitative estimate of drug-likeness (QED) is 0.313. The molecule has 0 aromatic carbocycles. The molecule has 0 rings (SSSR count). The van der Waals surface area contributed by atoms with Gasteiger partial charge in [-0.2, -0.15) is 5.26 Å². The highest BCUT2D eigenvalue weighted by Crippen LogP contribution is 1.81. The van der Waals surface area contributed by atoms with Gasteiger partial charge >= 0.3 is 0 Å². The van der Waals surface area contributed by atoms with Crippen molar-refractivity contribution in [2.24, 2.45) is 5.73 Å². The van der Waals surface area contributed by atoms with Crippen LogP contribution in [0.2, 0.25) is 0 Å². The first-order valence-corrected chi connectivity index (χ1v) is 2.06. The zero-order chi connectivity index (χ0) is 6.99. The largest absolute Gasteiger partial charge is 0.337 e. The van der Waals surface area contributed by atoms with Crippen molar-refractivity contribution in [3.63, 3.8) is 0 Å². The molecular weight excluding hydrogens is 100 g/mol. The van der Waals surface area contributed by atoms with Gasteiger partial charge in [0.1, 0.15) is 0 Å². The summed E-state index contributed by atoms with van der Waals surface area (Å²) in [6.45, 7) is 8.93.